The minimum absolute atomic E-state index is 0.0140. The van der Waals surface area contributed by atoms with E-state index in [0.29, 0.717) is 16.5 Å². The standard InChI is InChI=1S/C26H30N6O3S/c1-14-12-20(35-15-6-3-2-4-7-15)29-13-19(14)32-18-10-11-28-25-21(18)22(31-26(32)34)23(36-25)24(33)30-17-9-5-8-16(17)27/h2-4,6-7,12-13,16-18,21,25,28H,5,8-11,27H2,1H3,(H,30,33)(H,31,34)/t16-,17+,18?,21?,25?/m0/s1. The Morgan fingerprint density at radius 1 is 1.25 bits per heavy atom. The van der Waals surface area contributed by atoms with Crippen molar-refractivity contribution in [3.8, 4) is 11.6 Å². The summed E-state index contributed by atoms with van der Waals surface area (Å²) in [6.07, 6.45) is 5.32. The lowest BCUT2D eigenvalue weighted by atomic mass is 9.86. The van der Waals surface area contributed by atoms with E-state index in [1.165, 1.54) is 11.8 Å². The van der Waals surface area contributed by atoms with Crippen molar-refractivity contribution >= 4 is 29.4 Å². The number of amides is 3. The third-order valence-electron chi connectivity index (χ3n) is 7.52. The van der Waals surface area contributed by atoms with Gasteiger partial charge in [-0.1, -0.05) is 30.0 Å². The molecule has 5 N–H and O–H groups in total. The zero-order valence-corrected chi connectivity index (χ0v) is 20.9. The van der Waals surface area contributed by atoms with Crippen molar-refractivity contribution in [2.75, 3.05) is 11.4 Å². The van der Waals surface area contributed by atoms with Gasteiger partial charge in [-0.2, -0.15) is 0 Å². The van der Waals surface area contributed by atoms with Gasteiger partial charge in [0.25, 0.3) is 5.91 Å². The average Bonchev–Trinajstić information content (AvgIpc) is 3.45. The minimum Gasteiger partial charge on any atom is -0.439 e. The molecule has 0 bridgehead atoms. The summed E-state index contributed by atoms with van der Waals surface area (Å²) in [5.74, 6) is 1.03. The maximum Gasteiger partial charge on any atom is 0.326 e. The number of carbonyl (C=O) groups excluding carboxylic acids is 2. The van der Waals surface area contributed by atoms with Gasteiger partial charge in [-0.3, -0.25) is 9.69 Å². The van der Waals surface area contributed by atoms with Gasteiger partial charge in [0.15, 0.2) is 0 Å². The third kappa shape index (κ3) is 4.12. The van der Waals surface area contributed by atoms with Crippen LogP contribution in [0.2, 0.25) is 0 Å². The van der Waals surface area contributed by atoms with Gasteiger partial charge in [0.2, 0.25) is 5.88 Å². The maximum absolute atomic E-state index is 13.5. The van der Waals surface area contributed by atoms with Crippen LogP contribution in [-0.2, 0) is 4.79 Å². The van der Waals surface area contributed by atoms with Crippen molar-refractivity contribution in [2.45, 2.75) is 56.1 Å². The summed E-state index contributed by atoms with van der Waals surface area (Å²) in [4.78, 5) is 33.6. The lowest BCUT2D eigenvalue weighted by Gasteiger charge is -2.46. The highest BCUT2D eigenvalue weighted by molar-refractivity contribution is 8.04. The van der Waals surface area contributed by atoms with Crippen LogP contribution in [0, 0.1) is 12.8 Å². The number of pyridine rings is 1. The van der Waals surface area contributed by atoms with Crippen molar-refractivity contribution in [1.82, 2.24) is 20.9 Å². The van der Waals surface area contributed by atoms with Gasteiger partial charge in [-0.15, -0.1) is 0 Å². The molecule has 188 valence electrons. The fraction of sp³-hybridized carbons (Fsp3) is 0.423. The Balaban J connectivity index is 1.26. The number of para-hydroxylation sites is 1. The lowest BCUT2D eigenvalue weighted by molar-refractivity contribution is -0.117. The van der Waals surface area contributed by atoms with Crippen LogP contribution in [0.1, 0.15) is 31.2 Å². The number of aromatic nitrogens is 1. The molecule has 1 saturated carbocycles. The van der Waals surface area contributed by atoms with Crippen LogP contribution in [0.3, 0.4) is 0 Å². The molecule has 9 nitrogen and oxygen atoms in total. The van der Waals surface area contributed by atoms with E-state index >= 15 is 0 Å². The molecule has 36 heavy (non-hydrogen) atoms. The van der Waals surface area contributed by atoms with Crippen molar-refractivity contribution in [1.29, 1.82) is 0 Å². The summed E-state index contributed by atoms with van der Waals surface area (Å²) >= 11 is 1.51. The third-order valence-corrected chi connectivity index (χ3v) is 8.87. The number of carbonyl (C=O) groups is 2. The predicted molar refractivity (Wildman–Crippen MR) is 139 cm³/mol. The molecule has 2 aromatic rings. The van der Waals surface area contributed by atoms with Crippen LogP contribution in [0.5, 0.6) is 11.6 Å². The zero-order chi connectivity index (χ0) is 24.8. The number of ether oxygens (including phenoxy) is 1. The van der Waals surface area contributed by atoms with Gasteiger partial charge in [-0.25, -0.2) is 9.78 Å². The normalized spacial score (nSPS) is 29.1. The molecule has 1 aliphatic carbocycles. The minimum atomic E-state index is -0.237. The molecule has 5 atom stereocenters. The number of piperidine rings is 1. The summed E-state index contributed by atoms with van der Waals surface area (Å²) < 4.78 is 5.88. The van der Waals surface area contributed by atoms with E-state index in [9.17, 15) is 9.59 Å². The highest BCUT2D eigenvalue weighted by Gasteiger charge is 2.52. The van der Waals surface area contributed by atoms with Crippen LogP contribution in [0.15, 0.2) is 53.2 Å². The quantitative estimate of drug-likeness (QED) is 0.492. The number of thioether (sulfide) groups is 1. The van der Waals surface area contributed by atoms with Crippen LogP contribution in [-0.4, -0.2) is 47.0 Å². The first kappa shape index (κ1) is 23.3. The highest BCUT2D eigenvalue weighted by atomic mass is 32.2. The number of nitrogens with two attached hydrogens (primary N) is 1. The van der Waals surface area contributed by atoms with Crippen LogP contribution in [0.25, 0.3) is 0 Å². The van der Waals surface area contributed by atoms with E-state index in [1.807, 2.05) is 48.2 Å². The number of anilines is 1. The highest BCUT2D eigenvalue weighted by Crippen LogP contribution is 2.48. The van der Waals surface area contributed by atoms with Crippen LogP contribution in [0.4, 0.5) is 10.5 Å². The van der Waals surface area contributed by atoms with E-state index in [0.717, 1.165) is 49.2 Å². The second kappa shape index (κ2) is 9.42. The molecular formula is C26H30N6O3S. The lowest BCUT2D eigenvalue weighted by Crippen LogP contribution is -2.62. The number of nitrogens with one attached hydrogen (secondary N) is 3. The molecule has 3 unspecified atom stereocenters. The molecule has 1 aromatic carbocycles. The molecule has 10 heteroatoms. The van der Waals surface area contributed by atoms with Gasteiger partial charge in [0.05, 0.1) is 28.2 Å². The molecule has 3 amide bonds. The number of hydrogen-bond donors (Lipinski definition) is 4. The molecule has 4 aliphatic rings. The molecule has 3 aliphatic heterocycles. The largest absolute Gasteiger partial charge is 0.439 e. The first-order valence-corrected chi connectivity index (χ1v) is 13.4. The summed E-state index contributed by atoms with van der Waals surface area (Å²) in [5.41, 5.74) is 8.54. The molecule has 0 spiro atoms. The molecule has 0 radical (unpaired) electrons. The first-order chi connectivity index (χ1) is 17.5. The smallest absolute Gasteiger partial charge is 0.326 e. The predicted octanol–water partition coefficient (Wildman–Crippen LogP) is 2.97. The van der Waals surface area contributed by atoms with E-state index in [4.69, 9.17) is 10.5 Å². The number of benzene rings is 1. The molecular weight excluding hydrogens is 476 g/mol. The van der Waals surface area contributed by atoms with Crippen molar-refractivity contribution in [3.63, 3.8) is 0 Å². The Morgan fingerprint density at radius 3 is 2.83 bits per heavy atom. The number of nitrogens with zero attached hydrogens (tertiary/aromatic N) is 2. The summed E-state index contributed by atoms with van der Waals surface area (Å²) in [5, 5.41) is 9.74. The van der Waals surface area contributed by atoms with Crippen molar-refractivity contribution in [2.24, 2.45) is 11.7 Å². The molecule has 2 saturated heterocycles. The van der Waals surface area contributed by atoms with Gasteiger partial charge in [0, 0.05) is 29.8 Å². The van der Waals surface area contributed by atoms with E-state index in [1.54, 1.807) is 6.20 Å². The fourth-order valence-electron chi connectivity index (χ4n) is 5.74. The monoisotopic (exact) mass is 506 g/mol. The topological polar surface area (TPSA) is 122 Å². The Labute approximate surface area is 214 Å². The first-order valence-electron chi connectivity index (χ1n) is 12.5. The Morgan fingerprint density at radius 2 is 2.08 bits per heavy atom. The van der Waals surface area contributed by atoms with E-state index in [-0.39, 0.29) is 41.4 Å². The Bertz CT molecular complexity index is 1220. The van der Waals surface area contributed by atoms with Crippen LogP contribution < -0.4 is 31.3 Å². The Kier molecular flexibility index (Phi) is 6.10. The average molecular weight is 507 g/mol. The van der Waals surface area contributed by atoms with Gasteiger partial charge < -0.3 is 26.4 Å². The van der Waals surface area contributed by atoms with Crippen LogP contribution >= 0.6 is 11.8 Å². The van der Waals surface area contributed by atoms with Crippen molar-refractivity contribution < 1.29 is 14.3 Å². The van der Waals surface area contributed by atoms with Gasteiger partial charge in [0.1, 0.15) is 5.75 Å². The van der Waals surface area contributed by atoms with Gasteiger partial charge in [-0.05, 0) is 56.8 Å². The van der Waals surface area contributed by atoms with Gasteiger partial charge >= 0.3 is 6.03 Å². The molecule has 4 heterocycles. The maximum atomic E-state index is 13.5. The SMILES string of the molecule is Cc1cc(Oc2ccccc2)ncc1N1C(=O)NC2=C(C(=O)N[C@@H]3CCC[C@@H]3N)SC3NCCC1C23. The molecule has 3 fully saturated rings. The molecule has 6 rings (SSSR count). The molecule has 1 aromatic heterocycles. The zero-order valence-electron chi connectivity index (χ0n) is 20.1. The summed E-state index contributed by atoms with van der Waals surface area (Å²) in [6, 6.07) is 11.0. The second-order valence-corrected chi connectivity index (χ2v) is 11.0. The number of aryl methyl sites for hydroxylation is 1. The van der Waals surface area contributed by atoms with Crippen molar-refractivity contribution in [3.05, 3.63) is 58.8 Å². The number of urea groups is 1. The fourth-order valence-corrected chi connectivity index (χ4v) is 7.14. The van der Waals surface area contributed by atoms with E-state index < -0.39 is 0 Å². The summed E-state index contributed by atoms with van der Waals surface area (Å²) in [6.45, 7) is 2.72. The Hall–Kier alpha value is -3.08. The summed E-state index contributed by atoms with van der Waals surface area (Å²) in [7, 11) is 0. The number of rotatable bonds is 5. The number of hydrogen-bond acceptors (Lipinski definition) is 7. The van der Waals surface area contributed by atoms with E-state index in [2.05, 4.69) is 20.9 Å². The second-order valence-electron chi connectivity index (χ2n) is 9.82.